The van der Waals surface area contributed by atoms with Gasteiger partial charge in [-0.15, -0.1) is 0 Å². The molecule has 2 N–H and O–H groups in total. The average Bonchev–Trinajstić information content (AvgIpc) is 2.32. The summed E-state index contributed by atoms with van der Waals surface area (Å²) in [5, 5.41) is 1.19. The van der Waals surface area contributed by atoms with Crippen LogP contribution in [0.1, 0.15) is 17.2 Å². The minimum atomic E-state index is -0.368. The van der Waals surface area contributed by atoms with Crippen molar-refractivity contribution in [2.24, 2.45) is 5.73 Å². The van der Waals surface area contributed by atoms with E-state index in [1.165, 1.54) is 6.33 Å². The highest BCUT2D eigenvalue weighted by atomic mass is 35.5. The quantitative estimate of drug-likeness (QED) is 0.896. The highest BCUT2D eigenvalue weighted by molar-refractivity contribution is 6.33. The summed E-state index contributed by atoms with van der Waals surface area (Å²) in [5.41, 5.74) is 7.63. The van der Waals surface area contributed by atoms with Crippen molar-refractivity contribution in [3.63, 3.8) is 0 Å². The second kappa shape index (κ2) is 4.78. The normalized spacial score (nSPS) is 12.4. The lowest BCUT2D eigenvalue weighted by atomic mass is 10.0. The van der Waals surface area contributed by atoms with Gasteiger partial charge in [-0.05, 0) is 23.8 Å². The molecule has 0 spiro atoms. The molecule has 0 bridgehead atoms. The van der Waals surface area contributed by atoms with Crippen LogP contribution < -0.4 is 5.73 Å². The first-order valence-electron chi connectivity index (χ1n) is 4.64. The molecule has 0 saturated heterocycles. The molecule has 0 aliphatic carbocycles. The molecule has 16 heavy (non-hydrogen) atoms. The molecule has 0 fully saturated rings. The molecule has 0 aliphatic heterocycles. The lowest BCUT2D eigenvalue weighted by Gasteiger charge is -2.13. The van der Waals surface area contributed by atoms with Crippen molar-refractivity contribution in [1.29, 1.82) is 0 Å². The molecule has 0 radical (unpaired) electrons. The van der Waals surface area contributed by atoms with Gasteiger partial charge in [-0.3, -0.25) is 0 Å². The van der Waals surface area contributed by atoms with Crippen LogP contribution in [0.5, 0.6) is 0 Å². The Labute approximate surface area is 103 Å². The van der Waals surface area contributed by atoms with Gasteiger partial charge in [0, 0.05) is 28.0 Å². The van der Waals surface area contributed by atoms with Crippen molar-refractivity contribution >= 4 is 23.2 Å². The number of aromatic nitrogens is 2. The van der Waals surface area contributed by atoms with Gasteiger partial charge in [0.05, 0.1) is 6.04 Å². The van der Waals surface area contributed by atoms with Crippen molar-refractivity contribution in [2.75, 3.05) is 0 Å². The van der Waals surface area contributed by atoms with Crippen LogP contribution in [0.4, 0.5) is 0 Å². The first-order chi connectivity index (χ1) is 7.68. The molecule has 2 aromatic rings. The number of hydrogen-bond donors (Lipinski definition) is 1. The third kappa shape index (κ3) is 2.32. The fourth-order valence-electron chi connectivity index (χ4n) is 1.40. The zero-order chi connectivity index (χ0) is 11.5. The fourth-order valence-corrected chi connectivity index (χ4v) is 1.82. The van der Waals surface area contributed by atoms with Gasteiger partial charge in [0.25, 0.3) is 0 Å². The van der Waals surface area contributed by atoms with Gasteiger partial charge in [0.1, 0.15) is 6.33 Å². The van der Waals surface area contributed by atoms with Crippen molar-refractivity contribution in [3.8, 4) is 0 Å². The lowest BCUT2D eigenvalue weighted by Crippen LogP contribution is -2.13. The number of benzene rings is 1. The molecular weight excluding hydrogens is 245 g/mol. The molecular formula is C11H9Cl2N3. The SMILES string of the molecule is NC(c1cncnc1)c1cc(Cl)ccc1Cl. The molecule has 1 aromatic heterocycles. The summed E-state index contributed by atoms with van der Waals surface area (Å²) in [4.78, 5) is 7.83. The van der Waals surface area contributed by atoms with Crippen LogP contribution in [0.3, 0.4) is 0 Å². The summed E-state index contributed by atoms with van der Waals surface area (Å²) in [7, 11) is 0. The maximum atomic E-state index is 6.06. The summed E-state index contributed by atoms with van der Waals surface area (Å²) < 4.78 is 0. The minimum absolute atomic E-state index is 0.368. The lowest BCUT2D eigenvalue weighted by molar-refractivity contribution is 0.851. The first-order valence-corrected chi connectivity index (χ1v) is 5.39. The maximum Gasteiger partial charge on any atom is 0.115 e. The fraction of sp³-hybridized carbons (Fsp3) is 0.0909. The van der Waals surface area contributed by atoms with Gasteiger partial charge in [0.15, 0.2) is 0 Å². The molecule has 1 unspecified atom stereocenters. The summed E-state index contributed by atoms with van der Waals surface area (Å²) in [6.45, 7) is 0. The molecule has 5 heteroatoms. The first kappa shape index (κ1) is 11.3. The van der Waals surface area contributed by atoms with Gasteiger partial charge >= 0.3 is 0 Å². The standard InChI is InChI=1S/C11H9Cl2N3/c12-8-1-2-10(13)9(3-8)11(14)7-4-15-6-16-5-7/h1-6,11H,14H2. The van der Waals surface area contributed by atoms with Gasteiger partial charge in [-0.2, -0.15) is 0 Å². The minimum Gasteiger partial charge on any atom is -0.320 e. The Kier molecular flexibility index (Phi) is 3.39. The molecule has 0 saturated carbocycles. The largest absolute Gasteiger partial charge is 0.320 e. The van der Waals surface area contributed by atoms with Crippen molar-refractivity contribution in [1.82, 2.24) is 9.97 Å². The van der Waals surface area contributed by atoms with Gasteiger partial charge in [-0.25, -0.2) is 9.97 Å². The summed E-state index contributed by atoms with van der Waals surface area (Å²) in [6, 6.07) is 4.83. The van der Waals surface area contributed by atoms with E-state index in [0.717, 1.165) is 11.1 Å². The highest BCUT2D eigenvalue weighted by Gasteiger charge is 2.13. The van der Waals surface area contributed by atoms with Crippen LogP contribution in [0.15, 0.2) is 36.9 Å². The molecule has 3 nitrogen and oxygen atoms in total. The van der Waals surface area contributed by atoms with Crippen LogP contribution in [-0.4, -0.2) is 9.97 Å². The van der Waals surface area contributed by atoms with E-state index in [-0.39, 0.29) is 6.04 Å². The topological polar surface area (TPSA) is 51.8 Å². The second-order valence-electron chi connectivity index (χ2n) is 3.32. The monoisotopic (exact) mass is 253 g/mol. The van der Waals surface area contributed by atoms with Crippen LogP contribution in [-0.2, 0) is 0 Å². The molecule has 1 aromatic carbocycles. The zero-order valence-electron chi connectivity index (χ0n) is 8.27. The van der Waals surface area contributed by atoms with E-state index in [1.54, 1.807) is 30.6 Å². The third-order valence-corrected chi connectivity index (χ3v) is 2.81. The molecule has 0 amide bonds. The van der Waals surface area contributed by atoms with Crippen LogP contribution in [0.2, 0.25) is 10.0 Å². The predicted octanol–water partition coefficient (Wildman–Crippen LogP) is 2.83. The van der Waals surface area contributed by atoms with E-state index < -0.39 is 0 Å². The van der Waals surface area contributed by atoms with E-state index in [1.807, 2.05) is 0 Å². The highest BCUT2D eigenvalue weighted by Crippen LogP contribution is 2.28. The van der Waals surface area contributed by atoms with Crippen LogP contribution in [0.25, 0.3) is 0 Å². The molecule has 1 atom stereocenters. The summed E-state index contributed by atoms with van der Waals surface area (Å²) in [6.07, 6.45) is 4.78. The average molecular weight is 254 g/mol. The Morgan fingerprint density at radius 3 is 2.50 bits per heavy atom. The van der Waals surface area contributed by atoms with Gasteiger partial charge < -0.3 is 5.73 Å². The Morgan fingerprint density at radius 1 is 1.12 bits per heavy atom. The Hall–Kier alpha value is -1.16. The van der Waals surface area contributed by atoms with Crippen molar-refractivity contribution in [2.45, 2.75) is 6.04 Å². The molecule has 82 valence electrons. The third-order valence-electron chi connectivity index (χ3n) is 2.23. The maximum absolute atomic E-state index is 6.06. The van der Waals surface area contributed by atoms with Crippen LogP contribution >= 0.6 is 23.2 Å². The van der Waals surface area contributed by atoms with E-state index in [9.17, 15) is 0 Å². The Morgan fingerprint density at radius 2 is 1.81 bits per heavy atom. The number of halogens is 2. The second-order valence-corrected chi connectivity index (χ2v) is 4.16. The van der Waals surface area contributed by atoms with Crippen molar-refractivity contribution in [3.05, 3.63) is 58.1 Å². The molecule has 2 rings (SSSR count). The van der Waals surface area contributed by atoms with Gasteiger partial charge in [-0.1, -0.05) is 23.2 Å². The molecule has 0 aliphatic rings. The predicted molar refractivity (Wildman–Crippen MR) is 64.5 cm³/mol. The number of nitrogens with zero attached hydrogens (tertiary/aromatic N) is 2. The van der Waals surface area contributed by atoms with Gasteiger partial charge in [0.2, 0.25) is 0 Å². The Bertz CT molecular complexity index is 488. The molecule has 1 heterocycles. The Balaban J connectivity index is 2.41. The number of nitrogens with two attached hydrogens (primary N) is 1. The van der Waals surface area contributed by atoms with E-state index in [0.29, 0.717) is 10.0 Å². The van der Waals surface area contributed by atoms with Crippen molar-refractivity contribution < 1.29 is 0 Å². The van der Waals surface area contributed by atoms with E-state index >= 15 is 0 Å². The summed E-state index contributed by atoms with van der Waals surface area (Å²) in [5.74, 6) is 0. The smallest absolute Gasteiger partial charge is 0.115 e. The number of hydrogen-bond acceptors (Lipinski definition) is 3. The number of rotatable bonds is 2. The summed E-state index contributed by atoms with van der Waals surface area (Å²) >= 11 is 12.0. The zero-order valence-corrected chi connectivity index (χ0v) is 9.78. The van der Waals surface area contributed by atoms with E-state index in [2.05, 4.69) is 9.97 Å². The van der Waals surface area contributed by atoms with E-state index in [4.69, 9.17) is 28.9 Å². The van der Waals surface area contributed by atoms with Crippen LogP contribution in [0, 0.1) is 0 Å².